The molecule has 1 saturated carbocycles. The molecule has 2 fully saturated rings. The summed E-state index contributed by atoms with van der Waals surface area (Å²) in [5.74, 6) is -0.817. The molecule has 40 heavy (non-hydrogen) atoms. The minimum Gasteiger partial charge on any atom is -0.487 e. The van der Waals surface area contributed by atoms with Gasteiger partial charge >= 0.3 is 0 Å². The standard InChI is InChI=1S/C32H35F2N3O3/c33-24-7-3-20(4-8-24)21-5-11-26-22(17-21)13-14-35-30(26)32(39)36-28(19-37-15-1-2-16-37)31(38)23-6-12-29(27(34)18-23)40-25-9-10-25/h3-8,11-12,17-18,25,28,30-31,35,38H,1-2,9-10,13-16,19H2,(H,36,39)/t28-,30?,31-/m1/s1. The van der Waals surface area contributed by atoms with Crippen molar-refractivity contribution in [1.29, 1.82) is 0 Å². The van der Waals surface area contributed by atoms with Crippen LogP contribution in [0.5, 0.6) is 5.75 Å². The van der Waals surface area contributed by atoms with Crippen molar-refractivity contribution in [2.24, 2.45) is 0 Å². The van der Waals surface area contributed by atoms with Gasteiger partial charge in [0.1, 0.15) is 18.0 Å². The predicted molar refractivity (Wildman–Crippen MR) is 149 cm³/mol. The fourth-order valence-electron chi connectivity index (χ4n) is 5.75. The fraction of sp³-hybridized carbons (Fsp3) is 0.406. The minimum absolute atomic E-state index is 0.0742. The highest BCUT2D eigenvalue weighted by atomic mass is 19.1. The maximum atomic E-state index is 14.8. The number of fused-ring (bicyclic) bond motifs is 1. The predicted octanol–water partition coefficient (Wildman–Crippen LogP) is 4.67. The smallest absolute Gasteiger partial charge is 0.242 e. The maximum Gasteiger partial charge on any atom is 0.242 e. The molecule has 0 spiro atoms. The Kier molecular flexibility index (Phi) is 7.82. The second-order valence-electron chi connectivity index (χ2n) is 11.1. The summed E-state index contributed by atoms with van der Waals surface area (Å²) in [5, 5.41) is 17.8. The third kappa shape index (κ3) is 6.04. The number of halogens is 2. The van der Waals surface area contributed by atoms with E-state index >= 15 is 0 Å². The van der Waals surface area contributed by atoms with Gasteiger partial charge in [-0.25, -0.2) is 8.78 Å². The van der Waals surface area contributed by atoms with Crippen molar-refractivity contribution in [2.75, 3.05) is 26.2 Å². The summed E-state index contributed by atoms with van der Waals surface area (Å²) in [6, 6.07) is 15.7. The highest BCUT2D eigenvalue weighted by molar-refractivity contribution is 5.84. The Morgan fingerprint density at radius 1 is 1.02 bits per heavy atom. The molecule has 3 aliphatic rings. The maximum absolute atomic E-state index is 14.8. The number of amides is 1. The van der Waals surface area contributed by atoms with Crippen LogP contribution < -0.4 is 15.4 Å². The number of hydrogen-bond donors (Lipinski definition) is 3. The average molecular weight is 548 g/mol. The van der Waals surface area contributed by atoms with E-state index in [-0.39, 0.29) is 23.6 Å². The van der Waals surface area contributed by atoms with Gasteiger partial charge in [0.25, 0.3) is 0 Å². The summed E-state index contributed by atoms with van der Waals surface area (Å²) in [6.45, 7) is 2.90. The first kappa shape index (κ1) is 26.9. The summed E-state index contributed by atoms with van der Waals surface area (Å²) in [6.07, 6.45) is 3.77. The number of carbonyl (C=O) groups is 1. The lowest BCUT2D eigenvalue weighted by molar-refractivity contribution is -0.125. The summed E-state index contributed by atoms with van der Waals surface area (Å²) in [4.78, 5) is 15.9. The fourth-order valence-corrected chi connectivity index (χ4v) is 5.75. The Balaban J connectivity index is 1.21. The van der Waals surface area contributed by atoms with Crippen molar-refractivity contribution in [2.45, 2.75) is 56.4 Å². The average Bonchev–Trinajstić information content (AvgIpc) is 3.64. The Hall–Kier alpha value is -3.33. The van der Waals surface area contributed by atoms with Gasteiger partial charge < -0.3 is 25.4 Å². The minimum atomic E-state index is -1.09. The number of aliphatic hydroxyl groups excluding tert-OH is 1. The lowest BCUT2D eigenvalue weighted by Crippen LogP contribution is -2.51. The molecule has 0 bridgehead atoms. The number of rotatable bonds is 9. The number of ether oxygens (including phenoxy) is 1. The zero-order valence-electron chi connectivity index (χ0n) is 22.4. The molecule has 1 saturated heterocycles. The van der Waals surface area contributed by atoms with E-state index in [1.165, 1.54) is 18.2 Å². The van der Waals surface area contributed by atoms with E-state index in [2.05, 4.69) is 21.6 Å². The van der Waals surface area contributed by atoms with Crippen LogP contribution >= 0.6 is 0 Å². The monoisotopic (exact) mass is 547 g/mol. The van der Waals surface area contributed by atoms with Crippen molar-refractivity contribution in [3.63, 3.8) is 0 Å². The molecule has 3 atom stereocenters. The van der Waals surface area contributed by atoms with Crippen LogP contribution in [0.4, 0.5) is 8.78 Å². The molecule has 1 amide bonds. The quantitative estimate of drug-likeness (QED) is 0.363. The van der Waals surface area contributed by atoms with Crippen molar-refractivity contribution in [1.82, 2.24) is 15.5 Å². The largest absolute Gasteiger partial charge is 0.487 e. The molecule has 1 unspecified atom stereocenters. The highest BCUT2D eigenvalue weighted by Crippen LogP contribution is 2.32. The summed E-state index contributed by atoms with van der Waals surface area (Å²) in [7, 11) is 0. The molecule has 0 radical (unpaired) electrons. The molecule has 3 N–H and O–H groups in total. The SMILES string of the molecule is O=C(N[C@H](CN1CCCC1)[C@H](O)c1ccc(OC2CC2)c(F)c1)C1NCCc2cc(-c3ccc(F)cc3)ccc21. The van der Waals surface area contributed by atoms with Gasteiger partial charge in [0.15, 0.2) is 11.6 Å². The lowest BCUT2D eigenvalue weighted by atomic mass is 9.90. The first-order chi connectivity index (χ1) is 19.4. The van der Waals surface area contributed by atoms with Crippen LogP contribution in [0.2, 0.25) is 0 Å². The Labute approximate surface area is 233 Å². The molecule has 210 valence electrons. The van der Waals surface area contributed by atoms with Crippen molar-refractivity contribution >= 4 is 5.91 Å². The zero-order chi connectivity index (χ0) is 27.6. The van der Waals surface area contributed by atoms with E-state index in [1.54, 1.807) is 24.3 Å². The first-order valence-corrected chi connectivity index (χ1v) is 14.2. The van der Waals surface area contributed by atoms with Gasteiger partial charge in [0, 0.05) is 13.1 Å². The summed E-state index contributed by atoms with van der Waals surface area (Å²) >= 11 is 0. The van der Waals surface area contributed by atoms with Crippen LogP contribution in [0.15, 0.2) is 60.7 Å². The Morgan fingerprint density at radius 2 is 1.77 bits per heavy atom. The third-order valence-corrected chi connectivity index (χ3v) is 8.11. The molecular weight excluding hydrogens is 512 g/mol. The third-order valence-electron chi connectivity index (χ3n) is 8.11. The van der Waals surface area contributed by atoms with E-state index in [0.717, 1.165) is 67.4 Å². The molecule has 6 nitrogen and oxygen atoms in total. The molecule has 3 aromatic rings. The van der Waals surface area contributed by atoms with Crippen LogP contribution in [0.3, 0.4) is 0 Å². The van der Waals surface area contributed by atoms with Gasteiger partial charge in [-0.15, -0.1) is 0 Å². The number of nitrogens with one attached hydrogen (secondary N) is 2. The van der Waals surface area contributed by atoms with Crippen LogP contribution in [0, 0.1) is 11.6 Å². The zero-order valence-corrected chi connectivity index (χ0v) is 22.4. The van der Waals surface area contributed by atoms with Crippen molar-refractivity contribution in [3.05, 3.63) is 89.0 Å². The molecule has 8 heteroatoms. The van der Waals surface area contributed by atoms with E-state index < -0.39 is 24.0 Å². The Bertz CT molecular complexity index is 1360. The van der Waals surface area contributed by atoms with E-state index in [1.807, 2.05) is 12.1 Å². The first-order valence-electron chi connectivity index (χ1n) is 14.2. The summed E-state index contributed by atoms with van der Waals surface area (Å²) in [5.41, 5.74) is 4.24. The normalized spacial score (nSPS) is 20.5. The molecule has 2 aliphatic heterocycles. The van der Waals surface area contributed by atoms with Gasteiger partial charge in [0.05, 0.1) is 12.1 Å². The number of carbonyl (C=O) groups excluding carboxylic acids is 1. The molecule has 1 aliphatic carbocycles. The lowest BCUT2D eigenvalue weighted by Gasteiger charge is -2.32. The van der Waals surface area contributed by atoms with Crippen molar-refractivity contribution in [3.8, 4) is 16.9 Å². The number of benzene rings is 3. The number of likely N-dealkylation sites (tertiary alicyclic amines) is 1. The van der Waals surface area contributed by atoms with E-state index in [4.69, 9.17) is 4.74 Å². The second-order valence-corrected chi connectivity index (χ2v) is 11.1. The van der Waals surface area contributed by atoms with Crippen LogP contribution in [-0.4, -0.2) is 54.2 Å². The van der Waals surface area contributed by atoms with Crippen LogP contribution in [0.1, 0.15) is 54.5 Å². The van der Waals surface area contributed by atoms with Gasteiger partial charge in [-0.3, -0.25) is 4.79 Å². The van der Waals surface area contributed by atoms with Gasteiger partial charge in [-0.2, -0.15) is 0 Å². The number of hydrogen-bond acceptors (Lipinski definition) is 5. The highest BCUT2D eigenvalue weighted by Gasteiger charge is 2.32. The Morgan fingerprint density at radius 3 is 2.50 bits per heavy atom. The molecule has 6 rings (SSSR count). The molecule has 0 aromatic heterocycles. The molecule has 3 aromatic carbocycles. The molecular formula is C32H35F2N3O3. The topological polar surface area (TPSA) is 73.8 Å². The summed E-state index contributed by atoms with van der Waals surface area (Å²) < 4.78 is 33.8. The van der Waals surface area contributed by atoms with Gasteiger partial charge in [-0.1, -0.05) is 36.4 Å². The van der Waals surface area contributed by atoms with Gasteiger partial charge in [-0.05, 0) is 97.3 Å². The van der Waals surface area contributed by atoms with Crippen LogP contribution in [-0.2, 0) is 11.2 Å². The van der Waals surface area contributed by atoms with Crippen LogP contribution in [0.25, 0.3) is 11.1 Å². The second kappa shape index (κ2) is 11.6. The van der Waals surface area contributed by atoms with Crippen molar-refractivity contribution < 1.29 is 23.4 Å². The number of aliphatic hydroxyl groups is 1. The van der Waals surface area contributed by atoms with Gasteiger partial charge in [0.2, 0.25) is 5.91 Å². The van der Waals surface area contributed by atoms with E-state index in [0.29, 0.717) is 18.7 Å². The van der Waals surface area contributed by atoms with E-state index in [9.17, 15) is 18.7 Å². The number of nitrogens with zero attached hydrogens (tertiary/aromatic N) is 1. The molecule has 2 heterocycles.